The van der Waals surface area contributed by atoms with Gasteiger partial charge in [0, 0.05) is 0 Å². The molecule has 0 aliphatic rings. The van der Waals surface area contributed by atoms with Crippen molar-refractivity contribution in [2.24, 2.45) is 5.73 Å². The molecule has 5 nitrogen and oxygen atoms in total. The first-order chi connectivity index (χ1) is 11.2. The third-order valence-electron chi connectivity index (χ3n) is 3.96. The van der Waals surface area contributed by atoms with Gasteiger partial charge in [0.1, 0.15) is 18.2 Å². The van der Waals surface area contributed by atoms with E-state index in [1.807, 2.05) is 0 Å². The average Bonchev–Trinajstić information content (AvgIpc) is 2.54. The molecule has 0 spiro atoms. The van der Waals surface area contributed by atoms with Crippen molar-refractivity contribution in [3.8, 4) is 0 Å². The predicted molar refractivity (Wildman–Crippen MR) is 88.9 cm³/mol. The van der Waals surface area contributed by atoms with Gasteiger partial charge in [0.05, 0.1) is 0 Å². The number of allylic oxidation sites excluding steroid dienone is 1. The molecule has 0 aliphatic heterocycles. The molecule has 0 aromatic carbocycles. The first-order valence-corrected chi connectivity index (χ1v) is 8.62. The van der Waals surface area contributed by atoms with E-state index in [1.54, 1.807) is 6.08 Å². The maximum absolute atomic E-state index is 13.7. The molecule has 0 fully saturated rings. The number of nitrogens with two attached hydrogens (primary N) is 1. The van der Waals surface area contributed by atoms with Crippen LogP contribution in [0.15, 0.2) is 12.2 Å². The van der Waals surface area contributed by atoms with E-state index in [4.69, 9.17) is 10.8 Å². The molecule has 0 radical (unpaired) electrons. The summed E-state index contributed by atoms with van der Waals surface area (Å²) in [7, 11) is 0. The number of aliphatic hydroxyl groups is 2. The van der Waals surface area contributed by atoms with Gasteiger partial charge in [-0.2, -0.15) is 0 Å². The van der Waals surface area contributed by atoms with Crippen molar-refractivity contribution in [1.29, 1.82) is 0 Å². The largest absolute Gasteiger partial charge is 0.480 e. The molecule has 0 heterocycles. The van der Waals surface area contributed by atoms with Crippen molar-refractivity contribution in [1.82, 2.24) is 0 Å². The molecule has 3 unspecified atom stereocenters. The molecule has 5 N–H and O–H groups in total. The number of rotatable bonds is 14. The van der Waals surface area contributed by atoms with Crippen LogP contribution in [-0.4, -0.2) is 45.5 Å². The summed E-state index contributed by atoms with van der Waals surface area (Å²) in [4.78, 5) is 10.5. The number of hydrogen-bond donors (Lipinski definition) is 4. The summed E-state index contributed by atoms with van der Waals surface area (Å²) in [6.07, 6.45) is 6.82. The van der Waals surface area contributed by atoms with Gasteiger partial charge < -0.3 is 21.1 Å². The van der Waals surface area contributed by atoms with Crippen LogP contribution >= 0.6 is 0 Å². The van der Waals surface area contributed by atoms with Crippen LogP contribution in [0.3, 0.4) is 0 Å². The molecule has 24 heavy (non-hydrogen) atoms. The lowest BCUT2D eigenvalue weighted by molar-refractivity contribution is -0.187. The van der Waals surface area contributed by atoms with Gasteiger partial charge in [0.2, 0.25) is 0 Å². The van der Waals surface area contributed by atoms with Gasteiger partial charge >= 0.3 is 11.9 Å². The van der Waals surface area contributed by atoms with Crippen LogP contribution in [0, 0.1) is 0 Å². The minimum atomic E-state index is -3.98. The van der Waals surface area contributed by atoms with Crippen LogP contribution in [0.4, 0.5) is 8.78 Å². The molecule has 0 aromatic rings. The number of alkyl halides is 2. The topological polar surface area (TPSA) is 104 Å². The Bertz CT molecular complexity index is 378. The lowest BCUT2D eigenvalue weighted by Gasteiger charge is -2.28. The summed E-state index contributed by atoms with van der Waals surface area (Å²) in [5.41, 5.74) is 4.98. The zero-order valence-electron chi connectivity index (χ0n) is 14.3. The Labute approximate surface area is 142 Å². The molecule has 3 atom stereocenters. The molecule has 0 amide bonds. The van der Waals surface area contributed by atoms with Crippen molar-refractivity contribution in [2.75, 3.05) is 0 Å². The van der Waals surface area contributed by atoms with Crippen molar-refractivity contribution >= 4 is 5.97 Å². The maximum Gasteiger partial charge on any atom is 0.323 e. The normalized spacial score (nSPS) is 16.2. The number of halogens is 2. The minimum Gasteiger partial charge on any atom is -0.480 e. The Morgan fingerprint density at radius 3 is 2.17 bits per heavy atom. The Kier molecular flexibility index (Phi) is 11.8. The quantitative estimate of drug-likeness (QED) is 0.285. The summed E-state index contributed by atoms with van der Waals surface area (Å²) in [5, 5.41) is 27.3. The van der Waals surface area contributed by atoms with Crippen LogP contribution in [0.5, 0.6) is 0 Å². The highest BCUT2D eigenvalue weighted by molar-refractivity contribution is 5.74. The van der Waals surface area contributed by atoms with Gasteiger partial charge in [-0.05, 0) is 19.3 Å². The van der Waals surface area contributed by atoms with E-state index in [-0.39, 0.29) is 6.42 Å². The summed E-state index contributed by atoms with van der Waals surface area (Å²) >= 11 is 0. The Morgan fingerprint density at radius 1 is 1.08 bits per heavy atom. The predicted octanol–water partition coefficient (Wildman–Crippen LogP) is 2.84. The number of carboxylic acid groups (broad SMARTS) is 1. The molecular formula is C17H31F2NO4. The van der Waals surface area contributed by atoms with Crippen molar-refractivity contribution in [3.05, 3.63) is 12.2 Å². The standard InChI is InChI=1S/C17H31F2NO4/c1-2-3-4-5-6-7-8-9-10-11-12-13(21)17(18,19)15(22)14(20)16(23)24/h10-11,13-15,21-22H,2-9,12,20H2,1H3,(H,23,24)/b11-10+. The Balaban J connectivity index is 4.01. The summed E-state index contributed by atoms with van der Waals surface area (Å²) in [6.45, 7) is 2.16. The Morgan fingerprint density at radius 2 is 1.62 bits per heavy atom. The number of aliphatic carboxylic acids is 1. The number of unbranched alkanes of at least 4 members (excludes halogenated alkanes) is 7. The first-order valence-electron chi connectivity index (χ1n) is 8.62. The van der Waals surface area contributed by atoms with Crippen LogP contribution in [0.25, 0.3) is 0 Å². The number of carboxylic acids is 1. The summed E-state index contributed by atoms with van der Waals surface area (Å²) in [6, 6.07) is -2.15. The molecule has 7 heteroatoms. The van der Waals surface area contributed by atoms with Gasteiger partial charge in [-0.25, -0.2) is 8.78 Å². The van der Waals surface area contributed by atoms with Crippen LogP contribution in [0.1, 0.15) is 64.7 Å². The minimum absolute atomic E-state index is 0.368. The van der Waals surface area contributed by atoms with Gasteiger partial charge in [0.15, 0.2) is 0 Å². The van der Waals surface area contributed by atoms with Gasteiger partial charge in [-0.15, -0.1) is 0 Å². The van der Waals surface area contributed by atoms with E-state index in [9.17, 15) is 23.8 Å². The molecule has 0 bridgehead atoms. The summed E-state index contributed by atoms with van der Waals surface area (Å²) in [5.74, 6) is -5.73. The van der Waals surface area contributed by atoms with E-state index < -0.39 is 30.1 Å². The fourth-order valence-electron chi connectivity index (χ4n) is 2.29. The van der Waals surface area contributed by atoms with Crippen LogP contribution in [0.2, 0.25) is 0 Å². The highest BCUT2D eigenvalue weighted by Crippen LogP contribution is 2.27. The summed E-state index contributed by atoms with van der Waals surface area (Å²) < 4.78 is 27.4. The van der Waals surface area contributed by atoms with Gasteiger partial charge in [-0.1, -0.05) is 57.6 Å². The number of hydrogen-bond acceptors (Lipinski definition) is 4. The maximum atomic E-state index is 13.7. The zero-order chi connectivity index (χ0) is 18.6. The SMILES string of the molecule is CCCCCCCCC/C=C/CC(O)C(F)(F)C(O)C(N)C(=O)O. The van der Waals surface area contributed by atoms with E-state index in [0.717, 1.165) is 25.7 Å². The molecule has 0 saturated heterocycles. The molecule has 0 saturated carbocycles. The Hall–Kier alpha value is -1.05. The lowest BCUT2D eigenvalue weighted by atomic mass is 9.98. The first kappa shape index (κ1) is 22.9. The molecule has 0 aromatic heterocycles. The van der Waals surface area contributed by atoms with Crippen molar-refractivity contribution in [2.45, 2.75) is 88.9 Å². The molecular weight excluding hydrogens is 320 g/mol. The third-order valence-corrected chi connectivity index (χ3v) is 3.96. The van der Waals surface area contributed by atoms with E-state index in [2.05, 4.69) is 6.92 Å². The molecule has 142 valence electrons. The van der Waals surface area contributed by atoms with Gasteiger partial charge in [-0.3, -0.25) is 4.79 Å². The van der Waals surface area contributed by atoms with E-state index in [1.165, 1.54) is 31.8 Å². The fourth-order valence-corrected chi connectivity index (χ4v) is 2.29. The fraction of sp³-hybridized carbons (Fsp3) is 0.824. The lowest BCUT2D eigenvalue weighted by Crippen LogP contribution is -2.56. The highest BCUT2D eigenvalue weighted by atomic mass is 19.3. The highest BCUT2D eigenvalue weighted by Gasteiger charge is 2.49. The monoisotopic (exact) mass is 351 g/mol. The second kappa shape index (κ2) is 12.3. The second-order valence-electron chi connectivity index (χ2n) is 6.12. The second-order valence-corrected chi connectivity index (χ2v) is 6.12. The number of carbonyl (C=O) groups is 1. The molecule has 0 rings (SSSR count). The smallest absolute Gasteiger partial charge is 0.323 e. The third kappa shape index (κ3) is 8.70. The van der Waals surface area contributed by atoms with Crippen molar-refractivity contribution in [3.63, 3.8) is 0 Å². The van der Waals surface area contributed by atoms with Crippen LogP contribution < -0.4 is 5.73 Å². The zero-order valence-corrected chi connectivity index (χ0v) is 14.3. The molecule has 0 aliphatic carbocycles. The van der Waals surface area contributed by atoms with E-state index in [0.29, 0.717) is 0 Å². The van der Waals surface area contributed by atoms with Crippen molar-refractivity contribution < 1.29 is 28.9 Å². The van der Waals surface area contributed by atoms with Gasteiger partial charge in [0.25, 0.3) is 0 Å². The van der Waals surface area contributed by atoms with Crippen LogP contribution in [-0.2, 0) is 4.79 Å². The van der Waals surface area contributed by atoms with E-state index >= 15 is 0 Å². The average molecular weight is 351 g/mol. The number of aliphatic hydroxyl groups excluding tert-OH is 2.